The van der Waals surface area contributed by atoms with Crippen LogP contribution in [0.3, 0.4) is 0 Å². The second-order valence-electron chi connectivity index (χ2n) is 4.80. The number of halogens is 1. The summed E-state index contributed by atoms with van der Waals surface area (Å²) in [7, 11) is 0. The van der Waals surface area contributed by atoms with Crippen molar-refractivity contribution in [3.8, 4) is 0 Å². The van der Waals surface area contributed by atoms with E-state index >= 15 is 0 Å². The molecule has 3 nitrogen and oxygen atoms in total. The molecule has 4 heteroatoms. The highest BCUT2D eigenvalue weighted by Crippen LogP contribution is 2.26. The van der Waals surface area contributed by atoms with Gasteiger partial charge in [-0.25, -0.2) is 0 Å². The SMILES string of the molecule is Cc1cccc2[nH]cc(C(=O)c3cc(N)cc(Br)c3)c12. The lowest BCUT2D eigenvalue weighted by Crippen LogP contribution is -2.02. The number of H-pyrrole nitrogens is 1. The zero-order valence-electron chi connectivity index (χ0n) is 10.9. The Kier molecular flexibility index (Phi) is 3.10. The minimum Gasteiger partial charge on any atom is -0.399 e. The molecule has 3 rings (SSSR count). The Balaban J connectivity index is 2.18. The molecule has 0 atom stereocenters. The number of nitrogens with one attached hydrogen (secondary N) is 1. The predicted molar refractivity (Wildman–Crippen MR) is 85.0 cm³/mol. The molecule has 1 aromatic heterocycles. The number of hydrogen-bond acceptors (Lipinski definition) is 2. The van der Waals surface area contributed by atoms with Gasteiger partial charge in [-0.15, -0.1) is 0 Å². The van der Waals surface area contributed by atoms with E-state index in [-0.39, 0.29) is 5.78 Å². The highest BCUT2D eigenvalue weighted by molar-refractivity contribution is 9.10. The lowest BCUT2D eigenvalue weighted by Gasteiger charge is -2.04. The fourth-order valence-corrected chi connectivity index (χ4v) is 2.96. The van der Waals surface area contributed by atoms with E-state index in [1.165, 1.54) is 0 Å². The van der Waals surface area contributed by atoms with E-state index in [2.05, 4.69) is 20.9 Å². The number of aromatic nitrogens is 1. The Morgan fingerprint density at radius 1 is 1.25 bits per heavy atom. The normalized spacial score (nSPS) is 10.9. The maximum absolute atomic E-state index is 12.7. The zero-order valence-corrected chi connectivity index (χ0v) is 12.5. The first-order valence-electron chi connectivity index (χ1n) is 6.24. The highest BCUT2D eigenvalue weighted by Gasteiger charge is 2.16. The van der Waals surface area contributed by atoms with Crippen LogP contribution in [0.5, 0.6) is 0 Å². The largest absolute Gasteiger partial charge is 0.399 e. The molecule has 0 fully saturated rings. The highest BCUT2D eigenvalue weighted by atomic mass is 79.9. The van der Waals surface area contributed by atoms with Crippen molar-refractivity contribution in [2.45, 2.75) is 6.92 Å². The Hall–Kier alpha value is -2.07. The molecular weight excluding hydrogens is 316 g/mol. The number of nitrogens with two attached hydrogens (primary N) is 1. The van der Waals surface area contributed by atoms with Gasteiger partial charge in [0.05, 0.1) is 0 Å². The standard InChI is InChI=1S/C16H13BrN2O/c1-9-3-2-4-14-15(9)13(8-19-14)16(20)10-5-11(17)7-12(18)6-10/h2-8,19H,18H2,1H3. The zero-order chi connectivity index (χ0) is 14.3. The summed E-state index contributed by atoms with van der Waals surface area (Å²) in [5.41, 5.74) is 9.68. The monoisotopic (exact) mass is 328 g/mol. The van der Waals surface area contributed by atoms with Crippen molar-refractivity contribution in [3.05, 3.63) is 63.8 Å². The number of aromatic amines is 1. The van der Waals surface area contributed by atoms with Gasteiger partial charge in [-0.2, -0.15) is 0 Å². The molecule has 0 aliphatic heterocycles. The minimum atomic E-state index is -0.0291. The van der Waals surface area contributed by atoms with Gasteiger partial charge in [0.15, 0.2) is 5.78 Å². The summed E-state index contributed by atoms with van der Waals surface area (Å²) >= 11 is 3.37. The number of carbonyl (C=O) groups excluding carboxylic acids is 1. The second kappa shape index (κ2) is 4.80. The van der Waals surface area contributed by atoms with E-state index in [9.17, 15) is 4.79 Å². The molecule has 0 radical (unpaired) electrons. The number of aryl methyl sites for hydroxylation is 1. The van der Waals surface area contributed by atoms with Gasteiger partial charge in [0.1, 0.15) is 0 Å². The first-order valence-corrected chi connectivity index (χ1v) is 7.03. The molecule has 2 aromatic carbocycles. The van der Waals surface area contributed by atoms with Crippen molar-refractivity contribution in [1.29, 1.82) is 0 Å². The van der Waals surface area contributed by atoms with Crippen molar-refractivity contribution < 1.29 is 4.79 Å². The summed E-state index contributed by atoms with van der Waals surface area (Å²) in [5, 5.41) is 0.969. The molecule has 0 saturated heterocycles. The lowest BCUT2D eigenvalue weighted by atomic mass is 10.00. The summed E-state index contributed by atoms with van der Waals surface area (Å²) in [6, 6.07) is 11.2. The predicted octanol–water partition coefficient (Wildman–Crippen LogP) is 4.05. The van der Waals surface area contributed by atoms with E-state index in [0.717, 1.165) is 20.9 Å². The van der Waals surface area contributed by atoms with Gasteiger partial charge in [0.25, 0.3) is 0 Å². The third kappa shape index (κ3) is 2.12. The van der Waals surface area contributed by atoms with Crippen molar-refractivity contribution in [3.63, 3.8) is 0 Å². The van der Waals surface area contributed by atoms with Crippen LogP contribution in [0.15, 0.2) is 47.1 Å². The summed E-state index contributed by atoms with van der Waals surface area (Å²) < 4.78 is 0.803. The summed E-state index contributed by atoms with van der Waals surface area (Å²) in [5.74, 6) is -0.0291. The maximum atomic E-state index is 12.7. The quantitative estimate of drug-likeness (QED) is 0.550. The van der Waals surface area contributed by atoms with Crippen LogP contribution < -0.4 is 5.73 Å². The van der Waals surface area contributed by atoms with Crippen LogP contribution in [0.2, 0.25) is 0 Å². The van der Waals surface area contributed by atoms with Crippen LogP contribution in [-0.2, 0) is 0 Å². The summed E-state index contributed by atoms with van der Waals surface area (Å²) in [6.07, 6.45) is 1.76. The van der Waals surface area contributed by atoms with Gasteiger partial charge in [0, 0.05) is 38.4 Å². The van der Waals surface area contributed by atoms with E-state index in [0.29, 0.717) is 16.8 Å². The summed E-state index contributed by atoms with van der Waals surface area (Å²) in [4.78, 5) is 15.8. The van der Waals surface area contributed by atoms with Crippen LogP contribution >= 0.6 is 15.9 Å². The number of rotatable bonds is 2. The van der Waals surface area contributed by atoms with Crippen molar-refractivity contribution in [2.24, 2.45) is 0 Å². The molecule has 3 aromatic rings. The summed E-state index contributed by atoms with van der Waals surface area (Å²) in [6.45, 7) is 2.00. The Morgan fingerprint density at radius 2 is 2.05 bits per heavy atom. The van der Waals surface area contributed by atoms with Crippen LogP contribution in [0.25, 0.3) is 10.9 Å². The first kappa shape index (κ1) is 12.9. The van der Waals surface area contributed by atoms with E-state index < -0.39 is 0 Å². The fourth-order valence-electron chi connectivity index (χ4n) is 2.45. The molecular formula is C16H13BrN2O. The molecule has 0 bridgehead atoms. The lowest BCUT2D eigenvalue weighted by molar-refractivity contribution is 0.104. The third-order valence-corrected chi connectivity index (χ3v) is 3.80. The Bertz CT molecular complexity index is 800. The van der Waals surface area contributed by atoms with Crippen molar-refractivity contribution >= 4 is 38.3 Å². The number of nitrogen functional groups attached to an aromatic ring is 1. The van der Waals surface area contributed by atoms with Gasteiger partial charge in [-0.05, 0) is 36.8 Å². The minimum absolute atomic E-state index is 0.0291. The number of anilines is 1. The molecule has 100 valence electrons. The maximum Gasteiger partial charge on any atom is 0.195 e. The van der Waals surface area contributed by atoms with Gasteiger partial charge in [0.2, 0.25) is 0 Å². The van der Waals surface area contributed by atoms with Crippen LogP contribution in [0, 0.1) is 6.92 Å². The van der Waals surface area contributed by atoms with E-state index in [1.807, 2.05) is 25.1 Å². The van der Waals surface area contributed by atoms with Crippen LogP contribution in [0.1, 0.15) is 21.5 Å². The van der Waals surface area contributed by atoms with Crippen LogP contribution in [0.4, 0.5) is 5.69 Å². The van der Waals surface area contributed by atoms with Gasteiger partial charge < -0.3 is 10.7 Å². The fraction of sp³-hybridized carbons (Fsp3) is 0.0625. The van der Waals surface area contributed by atoms with Gasteiger partial charge in [-0.3, -0.25) is 4.79 Å². The number of benzene rings is 2. The molecule has 20 heavy (non-hydrogen) atoms. The Labute approximate surface area is 124 Å². The van der Waals surface area contributed by atoms with Gasteiger partial charge >= 0.3 is 0 Å². The van der Waals surface area contributed by atoms with E-state index in [1.54, 1.807) is 24.4 Å². The molecule has 0 amide bonds. The number of hydrogen-bond donors (Lipinski definition) is 2. The third-order valence-electron chi connectivity index (χ3n) is 3.34. The second-order valence-corrected chi connectivity index (χ2v) is 5.72. The average Bonchev–Trinajstić information content (AvgIpc) is 2.82. The number of ketones is 1. The molecule has 0 aliphatic rings. The molecule has 0 spiro atoms. The molecule has 0 saturated carbocycles. The topological polar surface area (TPSA) is 58.9 Å². The molecule has 0 unspecified atom stereocenters. The average molecular weight is 329 g/mol. The van der Waals surface area contributed by atoms with Crippen molar-refractivity contribution in [1.82, 2.24) is 4.98 Å². The first-order chi connectivity index (χ1) is 9.56. The van der Waals surface area contributed by atoms with Crippen LogP contribution in [-0.4, -0.2) is 10.8 Å². The smallest absolute Gasteiger partial charge is 0.195 e. The molecule has 1 heterocycles. The van der Waals surface area contributed by atoms with Crippen molar-refractivity contribution in [2.75, 3.05) is 5.73 Å². The molecule has 0 aliphatic carbocycles. The number of carbonyl (C=O) groups is 1. The number of fused-ring (bicyclic) bond motifs is 1. The van der Waals surface area contributed by atoms with E-state index in [4.69, 9.17) is 5.73 Å². The Morgan fingerprint density at radius 3 is 2.80 bits per heavy atom. The van der Waals surface area contributed by atoms with Gasteiger partial charge in [-0.1, -0.05) is 28.1 Å². The molecule has 3 N–H and O–H groups in total.